The Balaban J connectivity index is 1.14. The van der Waals surface area contributed by atoms with Gasteiger partial charge in [-0.1, -0.05) is 35.5 Å². The molecule has 0 atom stereocenters. The van der Waals surface area contributed by atoms with Crippen LogP contribution in [0, 0.1) is 5.92 Å². The minimum absolute atomic E-state index is 0.126. The van der Waals surface area contributed by atoms with Crippen LogP contribution < -0.4 is 0 Å². The molecule has 0 saturated carbocycles. The number of hydrogen-bond donors (Lipinski definition) is 0. The first-order valence-corrected chi connectivity index (χ1v) is 11.1. The third-order valence-electron chi connectivity index (χ3n) is 5.95. The number of hydrogen-bond acceptors (Lipinski definition) is 6. The molecule has 1 fully saturated rings. The molecule has 0 spiro atoms. The molecule has 7 heteroatoms. The van der Waals surface area contributed by atoms with E-state index in [1.807, 2.05) is 22.4 Å². The summed E-state index contributed by atoms with van der Waals surface area (Å²) in [6.45, 7) is 4.01. The van der Waals surface area contributed by atoms with Gasteiger partial charge in [0, 0.05) is 19.0 Å². The zero-order valence-electron chi connectivity index (χ0n) is 16.3. The average Bonchev–Trinajstić information content (AvgIpc) is 3.45. The van der Waals surface area contributed by atoms with Gasteiger partial charge in [0.2, 0.25) is 17.6 Å². The molecule has 0 N–H and O–H groups in total. The molecule has 0 aliphatic carbocycles. The van der Waals surface area contributed by atoms with E-state index in [2.05, 4.69) is 39.3 Å². The van der Waals surface area contributed by atoms with E-state index < -0.39 is 0 Å². The van der Waals surface area contributed by atoms with Crippen LogP contribution in [0.3, 0.4) is 0 Å². The van der Waals surface area contributed by atoms with Gasteiger partial charge in [-0.05, 0) is 54.9 Å². The fourth-order valence-corrected chi connectivity index (χ4v) is 4.95. The predicted molar refractivity (Wildman–Crippen MR) is 111 cm³/mol. The van der Waals surface area contributed by atoms with Crippen LogP contribution in [0.5, 0.6) is 0 Å². The molecule has 4 heterocycles. The van der Waals surface area contributed by atoms with E-state index in [1.165, 1.54) is 11.1 Å². The minimum Gasteiger partial charge on any atom is -0.338 e. The zero-order chi connectivity index (χ0) is 19.6. The Labute approximate surface area is 174 Å². The maximum Gasteiger partial charge on any atom is 0.241 e. The van der Waals surface area contributed by atoms with Crippen LogP contribution in [0.15, 0.2) is 46.3 Å². The van der Waals surface area contributed by atoms with Gasteiger partial charge in [-0.2, -0.15) is 4.98 Å². The Bertz CT molecular complexity index is 976. The quantitative estimate of drug-likeness (QED) is 0.660. The summed E-state index contributed by atoms with van der Waals surface area (Å²) in [6, 6.07) is 12.4. The molecule has 2 aliphatic heterocycles. The van der Waals surface area contributed by atoms with Crippen molar-refractivity contribution >= 4 is 17.2 Å². The van der Waals surface area contributed by atoms with Crippen LogP contribution in [0.2, 0.25) is 0 Å². The van der Waals surface area contributed by atoms with Crippen LogP contribution in [0.1, 0.15) is 29.9 Å². The molecule has 1 saturated heterocycles. The van der Waals surface area contributed by atoms with E-state index in [9.17, 15) is 4.79 Å². The van der Waals surface area contributed by atoms with Gasteiger partial charge in [-0.3, -0.25) is 9.69 Å². The fourth-order valence-electron chi connectivity index (χ4n) is 4.30. The lowest BCUT2D eigenvalue weighted by Gasteiger charge is -2.35. The summed E-state index contributed by atoms with van der Waals surface area (Å²) in [5.41, 5.74) is 2.68. The first-order chi connectivity index (χ1) is 14.3. The molecule has 0 radical (unpaired) electrons. The number of rotatable bonds is 4. The molecular formula is C22H24N4O2S. The van der Waals surface area contributed by atoms with E-state index >= 15 is 0 Å². The highest BCUT2D eigenvalue weighted by Gasteiger charge is 2.30. The van der Waals surface area contributed by atoms with E-state index in [-0.39, 0.29) is 5.92 Å². The number of amides is 1. The summed E-state index contributed by atoms with van der Waals surface area (Å²) in [6.07, 6.45) is 2.75. The highest BCUT2D eigenvalue weighted by atomic mass is 32.1. The monoisotopic (exact) mass is 408 g/mol. The third-order valence-corrected chi connectivity index (χ3v) is 6.81. The van der Waals surface area contributed by atoms with E-state index in [0.717, 1.165) is 50.3 Å². The molecular weight excluding hydrogens is 384 g/mol. The Kier molecular flexibility index (Phi) is 5.16. The van der Waals surface area contributed by atoms with Crippen molar-refractivity contribution in [1.29, 1.82) is 0 Å². The molecule has 2 aliphatic rings. The van der Waals surface area contributed by atoms with Gasteiger partial charge in [-0.25, -0.2) is 0 Å². The Morgan fingerprint density at radius 3 is 2.72 bits per heavy atom. The van der Waals surface area contributed by atoms with Gasteiger partial charge in [-0.15, -0.1) is 11.3 Å². The van der Waals surface area contributed by atoms with Crippen molar-refractivity contribution in [3.05, 3.63) is 58.8 Å². The number of nitrogens with zero attached hydrogens (tertiary/aromatic N) is 4. The summed E-state index contributed by atoms with van der Waals surface area (Å²) in [4.78, 5) is 22.9. The number of benzene rings is 1. The van der Waals surface area contributed by atoms with E-state index in [4.69, 9.17) is 4.52 Å². The lowest BCUT2D eigenvalue weighted by molar-refractivity contribution is -0.138. The molecule has 1 amide bonds. The SMILES string of the molecule is O=C(C1CCN(Cc2nc(-c3cccs3)no2)CC1)N1CCc2ccccc2C1. The van der Waals surface area contributed by atoms with Gasteiger partial charge >= 0.3 is 0 Å². The van der Waals surface area contributed by atoms with Crippen molar-refractivity contribution in [2.45, 2.75) is 32.4 Å². The Morgan fingerprint density at radius 2 is 1.93 bits per heavy atom. The molecule has 6 nitrogen and oxygen atoms in total. The largest absolute Gasteiger partial charge is 0.338 e. The lowest BCUT2D eigenvalue weighted by Crippen LogP contribution is -2.44. The maximum absolute atomic E-state index is 13.0. The lowest BCUT2D eigenvalue weighted by atomic mass is 9.93. The van der Waals surface area contributed by atoms with Crippen molar-refractivity contribution in [3.8, 4) is 10.7 Å². The Morgan fingerprint density at radius 1 is 1.10 bits per heavy atom. The summed E-state index contributed by atoms with van der Waals surface area (Å²) < 4.78 is 5.42. The van der Waals surface area contributed by atoms with Crippen molar-refractivity contribution in [1.82, 2.24) is 19.9 Å². The van der Waals surface area contributed by atoms with Crippen LogP contribution in [0.25, 0.3) is 10.7 Å². The first kappa shape index (κ1) is 18.5. The van der Waals surface area contributed by atoms with Crippen LogP contribution >= 0.6 is 11.3 Å². The maximum atomic E-state index is 13.0. The molecule has 2 aromatic heterocycles. The molecule has 3 aromatic rings. The molecule has 29 heavy (non-hydrogen) atoms. The summed E-state index contributed by atoms with van der Waals surface area (Å²) in [5, 5.41) is 6.09. The molecule has 150 valence electrons. The van der Waals surface area contributed by atoms with Gasteiger partial charge in [0.25, 0.3) is 0 Å². The normalized spacial score (nSPS) is 18.0. The number of fused-ring (bicyclic) bond motifs is 1. The van der Waals surface area contributed by atoms with Crippen molar-refractivity contribution in [2.75, 3.05) is 19.6 Å². The van der Waals surface area contributed by atoms with Gasteiger partial charge in [0.15, 0.2) is 0 Å². The number of aromatic nitrogens is 2. The van der Waals surface area contributed by atoms with Gasteiger partial charge in [0.1, 0.15) is 0 Å². The topological polar surface area (TPSA) is 62.5 Å². The second-order valence-electron chi connectivity index (χ2n) is 7.82. The summed E-state index contributed by atoms with van der Waals surface area (Å²) in [7, 11) is 0. The highest BCUT2D eigenvalue weighted by molar-refractivity contribution is 7.13. The number of carbonyl (C=O) groups is 1. The number of carbonyl (C=O) groups excluding carboxylic acids is 1. The second kappa shape index (κ2) is 8.08. The average molecular weight is 409 g/mol. The van der Waals surface area contributed by atoms with Gasteiger partial charge in [0.05, 0.1) is 11.4 Å². The predicted octanol–water partition coefficient (Wildman–Crippen LogP) is 3.60. The standard InChI is InChI=1S/C22H24N4O2S/c27-22(26-12-9-16-4-1-2-5-18(16)14-26)17-7-10-25(11-8-17)15-20-23-21(24-28-20)19-6-3-13-29-19/h1-6,13,17H,7-12,14-15H2. The first-order valence-electron chi connectivity index (χ1n) is 10.2. The Hall–Kier alpha value is -2.51. The summed E-state index contributed by atoms with van der Waals surface area (Å²) in [5.74, 6) is 1.74. The van der Waals surface area contributed by atoms with E-state index in [1.54, 1.807) is 11.3 Å². The smallest absolute Gasteiger partial charge is 0.241 e. The van der Waals surface area contributed by atoms with Crippen LogP contribution in [-0.2, 0) is 24.3 Å². The highest BCUT2D eigenvalue weighted by Crippen LogP contribution is 2.26. The second-order valence-corrected chi connectivity index (χ2v) is 8.77. The minimum atomic E-state index is 0.126. The van der Waals surface area contributed by atoms with Crippen LogP contribution in [-0.4, -0.2) is 45.5 Å². The van der Waals surface area contributed by atoms with Crippen molar-refractivity contribution < 1.29 is 9.32 Å². The molecule has 0 unspecified atom stereocenters. The zero-order valence-corrected chi connectivity index (χ0v) is 17.1. The molecule has 0 bridgehead atoms. The van der Waals surface area contributed by atoms with Crippen molar-refractivity contribution in [3.63, 3.8) is 0 Å². The van der Waals surface area contributed by atoms with E-state index in [0.29, 0.717) is 24.2 Å². The molecule has 1 aromatic carbocycles. The number of thiophene rings is 1. The fraction of sp³-hybridized carbons (Fsp3) is 0.409. The third kappa shape index (κ3) is 3.97. The summed E-state index contributed by atoms with van der Waals surface area (Å²) >= 11 is 1.61. The van der Waals surface area contributed by atoms with Gasteiger partial charge < -0.3 is 9.42 Å². The molecule has 5 rings (SSSR count). The number of likely N-dealkylation sites (tertiary alicyclic amines) is 1. The number of piperidine rings is 1. The van der Waals surface area contributed by atoms with Crippen LogP contribution in [0.4, 0.5) is 0 Å². The van der Waals surface area contributed by atoms with Crippen molar-refractivity contribution in [2.24, 2.45) is 5.92 Å².